The predicted molar refractivity (Wildman–Crippen MR) is 65.5 cm³/mol. The Labute approximate surface area is 101 Å². The molecule has 1 atom stereocenters. The van der Waals surface area contributed by atoms with Crippen LogP contribution < -0.4 is 11.1 Å². The number of rotatable bonds is 5. The molecule has 1 rings (SSSR count). The van der Waals surface area contributed by atoms with Crippen LogP contribution >= 0.6 is 0 Å². The summed E-state index contributed by atoms with van der Waals surface area (Å²) in [6.45, 7) is 7.14. The predicted octanol–water partition coefficient (Wildman–Crippen LogP) is 2.43. The number of nitrogens with one attached hydrogen (secondary N) is 1. The van der Waals surface area contributed by atoms with Crippen molar-refractivity contribution in [1.29, 1.82) is 0 Å². The lowest BCUT2D eigenvalue weighted by molar-refractivity contribution is 0.267. The van der Waals surface area contributed by atoms with E-state index < -0.39 is 11.6 Å². The van der Waals surface area contributed by atoms with Gasteiger partial charge >= 0.3 is 0 Å². The van der Waals surface area contributed by atoms with Crippen LogP contribution in [-0.2, 0) is 6.54 Å². The number of nitrogens with two attached hydrogens (primary N) is 1. The molecule has 1 aromatic rings. The summed E-state index contributed by atoms with van der Waals surface area (Å²) in [5.41, 5.74) is 6.24. The van der Waals surface area contributed by atoms with Crippen molar-refractivity contribution in [3.63, 3.8) is 0 Å². The van der Waals surface area contributed by atoms with Crippen LogP contribution in [0.1, 0.15) is 26.3 Å². The molecule has 0 aromatic heterocycles. The molecule has 0 aliphatic carbocycles. The molecule has 96 valence electrons. The molecule has 0 spiro atoms. The van der Waals surface area contributed by atoms with E-state index in [4.69, 9.17) is 5.73 Å². The summed E-state index contributed by atoms with van der Waals surface area (Å²) >= 11 is 0. The van der Waals surface area contributed by atoms with E-state index in [0.29, 0.717) is 24.6 Å². The van der Waals surface area contributed by atoms with Crippen molar-refractivity contribution in [2.75, 3.05) is 6.54 Å². The highest BCUT2D eigenvalue weighted by molar-refractivity contribution is 5.18. The van der Waals surface area contributed by atoms with E-state index in [2.05, 4.69) is 19.2 Å². The van der Waals surface area contributed by atoms with Gasteiger partial charge in [0.25, 0.3) is 0 Å². The minimum Gasteiger partial charge on any atom is -0.329 e. The monoisotopic (exact) mass is 242 g/mol. The Balaban J connectivity index is 2.69. The van der Waals surface area contributed by atoms with E-state index in [1.54, 1.807) is 6.07 Å². The Hall–Kier alpha value is -1.00. The third kappa shape index (κ3) is 3.48. The number of halogens is 2. The molecule has 0 fully saturated rings. The highest BCUT2D eigenvalue weighted by atomic mass is 19.2. The molecule has 0 amide bonds. The average Bonchev–Trinajstić information content (AvgIpc) is 2.30. The second kappa shape index (κ2) is 5.56. The van der Waals surface area contributed by atoms with E-state index in [0.717, 1.165) is 6.07 Å². The first-order chi connectivity index (χ1) is 7.89. The van der Waals surface area contributed by atoms with Crippen LogP contribution in [-0.4, -0.2) is 12.1 Å². The summed E-state index contributed by atoms with van der Waals surface area (Å²) in [6, 6.07) is 3.92. The normalized spacial score (nSPS) is 15.0. The van der Waals surface area contributed by atoms with Crippen molar-refractivity contribution < 1.29 is 8.78 Å². The van der Waals surface area contributed by atoms with E-state index >= 15 is 0 Å². The van der Waals surface area contributed by atoms with Gasteiger partial charge in [0.1, 0.15) is 0 Å². The molecule has 0 aliphatic heterocycles. The Bertz CT molecular complexity index is 380. The molecule has 0 aliphatic rings. The Morgan fingerprint density at radius 3 is 2.41 bits per heavy atom. The Morgan fingerprint density at radius 1 is 1.29 bits per heavy atom. The lowest BCUT2D eigenvalue weighted by Crippen LogP contribution is -2.52. The number of hydrogen-bond acceptors (Lipinski definition) is 2. The maximum absolute atomic E-state index is 13.0. The second-order valence-electron chi connectivity index (χ2n) is 4.88. The minimum absolute atomic E-state index is 0.204. The summed E-state index contributed by atoms with van der Waals surface area (Å²) in [6.07, 6.45) is 0. The molecule has 2 nitrogen and oxygen atoms in total. The zero-order chi connectivity index (χ0) is 13.1. The summed E-state index contributed by atoms with van der Waals surface area (Å²) in [7, 11) is 0. The molecule has 0 heterocycles. The summed E-state index contributed by atoms with van der Waals surface area (Å²) in [4.78, 5) is 0. The molecular formula is C13H20F2N2. The van der Waals surface area contributed by atoms with E-state index in [-0.39, 0.29) is 5.54 Å². The average molecular weight is 242 g/mol. The van der Waals surface area contributed by atoms with Gasteiger partial charge in [0.2, 0.25) is 0 Å². The zero-order valence-corrected chi connectivity index (χ0v) is 10.6. The lowest BCUT2D eigenvalue weighted by Gasteiger charge is -2.33. The molecule has 4 heteroatoms. The van der Waals surface area contributed by atoms with Gasteiger partial charge in [0, 0.05) is 18.6 Å². The van der Waals surface area contributed by atoms with E-state index in [1.807, 2.05) is 6.92 Å². The highest BCUT2D eigenvalue weighted by Crippen LogP contribution is 2.16. The summed E-state index contributed by atoms with van der Waals surface area (Å²) in [5, 5.41) is 3.29. The van der Waals surface area contributed by atoms with Crippen LogP contribution in [0.3, 0.4) is 0 Å². The SMILES string of the molecule is CC(C)C(C)(CN)NCc1ccc(F)c(F)c1. The van der Waals surface area contributed by atoms with Gasteiger partial charge in [-0.1, -0.05) is 19.9 Å². The van der Waals surface area contributed by atoms with Gasteiger partial charge in [-0.25, -0.2) is 8.78 Å². The highest BCUT2D eigenvalue weighted by Gasteiger charge is 2.25. The van der Waals surface area contributed by atoms with Gasteiger partial charge in [-0.05, 0) is 30.5 Å². The Kier molecular flexibility index (Phi) is 4.60. The lowest BCUT2D eigenvalue weighted by atomic mass is 9.88. The van der Waals surface area contributed by atoms with Crippen molar-refractivity contribution in [3.8, 4) is 0 Å². The van der Waals surface area contributed by atoms with Gasteiger partial charge in [0.15, 0.2) is 11.6 Å². The third-order valence-corrected chi connectivity index (χ3v) is 3.38. The Morgan fingerprint density at radius 2 is 1.94 bits per heavy atom. The van der Waals surface area contributed by atoms with Gasteiger partial charge in [-0.15, -0.1) is 0 Å². The maximum atomic E-state index is 13.0. The summed E-state index contributed by atoms with van der Waals surface area (Å²) < 4.78 is 25.8. The van der Waals surface area contributed by atoms with E-state index in [9.17, 15) is 8.78 Å². The van der Waals surface area contributed by atoms with Gasteiger partial charge in [0.05, 0.1) is 0 Å². The van der Waals surface area contributed by atoms with Gasteiger partial charge in [-0.2, -0.15) is 0 Å². The number of benzene rings is 1. The van der Waals surface area contributed by atoms with Crippen LogP contribution in [0, 0.1) is 17.6 Å². The smallest absolute Gasteiger partial charge is 0.159 e. The molecule has 1 unspecified atom stereocenters. The molecule has 1 aromatic carbocycles. The third-order valence-electron chi connectivity index (χ3n) is 3.38. The molecule has 0 bridgehead atoms. The first-order valence-corrected chi connectivity index (χ1v) is 5.78. The zero-order valence-electron chi connectivity index (χ0n) is 10.6. The topological polar surface area (TPSA) is 38.0 Å². The standard InChI is InChI=1S/C13H20F2N2/c1-9(2)13(3,8-16)17-7-10-4-5-11(14)12(15)6-10/h4-6,9,17H,7-8,16H2,1-3H3. The van der Waals surface area contributed by atoms with Gasteiger partial charge in [-0.3, -0.25) is 0 Å². The molecule has 3 N–H and O–H groups in total. The van der Waals surface area contributed by atoms with Crippen molar-refractivity contribution in [3.05, 3.63) is 35.4 Å². The van der Waals surface area contributed by atoms with Crippen molar-refractivity contribution >= 4 is 0 Å². The van der Waals surface area contributed by atoms with Crippen molar-refractivity contribution in [2.45, 2.75) is 32.9 Å². The largest absolute Gasteiger partial charge is 0.329 e. The molecule has 0 saturated carbocycles. The fourth-order valence-corrected chi connectivity index (χ4v) is 1.47. The molecule has 0 radical (unpaired) electrons. The molecule has 17 heavy (non-hydrogen) atoms. The fraction of sp³-hybridized carbons (Fsp3) is 0.538. The van der Waals surface area contributed by atoms with Gasteiger partial charge < -0.3 is 11.1 Å². The van der Waals surface area contributed by atoms with Crippen LogP contribution in [0.5, 0.6) is 0 Å². The van der Waals surface area contributed by atoms with Crippen LogP contribution in [0.4, 0.5) is 8.78 Å². The first-order valence-electron chi connectivity index (χ1n) is 5.78. The second-order valence-corrected chi connectivity index (χ2v) is 4.88. The first kappa shape index (κ1) is 14.1. The van der Waals surface area contributed by atoms with Crippen molar-refractivity contribution in [1.82, 2.24) is 5.32 Å². The van der Waals surface area contributed by atoms with Crippen LogP contribution in [0.2, 0.25) is 0 Å². The van der Waals surface area contributed by atoms with Crippen LogP contribution in [0.25, 0.3) is 0 Å². The molecule has 0 saturated heterocycles. The minimum atomic E-state index is -0.820. The quantitative estimate of drug-likeness (QED) is 0.832. The summed E-state index contributed by atoms with van der Waals surface area (Å²) in [5.74, 6) is -1.28. The number of hydrogen-bond donors (Lipinski definition) is 2. The van der Waals surface area contributed by atoms with E-state index in [1.165, 1.54) is 6.07 Å². The fourth-order valence-electron chi connectivity index (χ4n) is 1.47. The van der Waals surface area contributed by atoms with Crippen molar-refractivity contribution in [2.24, 2.45) is 11.7 Å². The maximum Gasteiger partial charge on any atom is 0.159 e. The molecular weight excluding hydrogens is 222 g/mol. The van der Waals surface area contributed by atoms with Crippen LogP contribution in [0.15, 0.2) is 18.2 Å².